The molecule has 2 aromatic rings. The van der Waals surface area contributed by atoms with Crippen LogP contribution in [-0.4, -0.2) is 60.0 Å². The number of nitrogens with zero attached hydrogens (tertiary/aromatic N) is 3. The first-order valence-corrected chi connectivity index (χ1v) is 13.2. The van der Waals surface area contributed by atoms with Gasteiger partial charge in [-0.1, -0.05) is 25.4 Å². The summed E-state index contributed by atoms with van der Waals surface area (Å²) >= 11 is 5.99. The number of aromatic nitrogens is 1. The van der Waals surface area contributed by atoms with E-state index in [2.05, 4.69) is 29.0 Å². The Morgan fingerprint density at radius 2 is 1.79 bits per heavy atom. The summed E-state index contributed by atoms with van der Waals surface area (Å²) in [6.45, 7) is 13.5. The van der Waals surface area contributed by atoms with Gasteiger partial charge in [0.25, 0.3) is 0 Å². The molecule has 0 bridgehead atoms. The van der Waals surface area contributed by atoms with Crippen molar-refractivity contribution in [3.8, 4) is 11.5 Å². The minimum Gasteiger partial charge on any atom is -0.441 e. The van der Waals surface area contributed by atoms with Gasteiger partial charge in [-0.05, 0) is 88.3 Å². The Kier molecular flexibility index (Phi) is 8.67. The van der Waals surface area contributed by atoms with Gasteiger partial charge in [0.15, 0.2) is 0 Å². The molecule has 2 aliphatic rings. The number of amides is 1. The first-order valence-electron chi connectivity index (χ1n) is 12.8. The third-order valence-electron chi connectivity index (χ3n) is 7.21. The highest BCUT2D eigenvalue weighted by Gasteiger charge is 2.26. The van der Waals surface area contributed by atoms with E-state index in [9.17, 15) is 4.79 Å². The number of hydrogen-bond donors (Lipinski definition) is 1. The summed E-state index contributed by atoms with van der Waals surface area (Å²) in [6.07, 6.45) is 4.17. The Labute approximate surface area is 209 Å². The number of piperidine rings is 2. The van der Waals surface area contributed by atoms with Crippen molar-refractivity contribution in [3.05, 3.63) is 40.7 Å². The van der Waals surface area contributed by atoms with Crippen LogP contribution in [0.15, 0.2) is 28.7 Å². The lowest BCUT2D eigenvalue weighted by Gasteiger charge is -2.35. The van der Waals surface area contributed by atoms with Gasteiger partial charge in [0.05, 0.1) is 5.69 Å². The van der Waals surface area contributed by atoms with Crippen LogP contribution in [0.2, 0.25) is 5.02 Å². The van der Waals surface area contributed by atoms with E-state index in [1.165, 1.54) is 19.5 Å². The molecule has 34 heavy (non-hydrogen) atoms. The van der Waals surface area contributed by atoms with Gasteiger partial charge >= 0.3 is 0 Å². The molecule has 0 saturated carbocycles. The number of likely N-dealkylation sites (tertiary alicyclic amines) is 2. The lowest BCUT2D eigenvalue weighted by Crippen LogP contribution is -2.42. The Balaban J connectivity index is 1.17. The zero-order valence-corrected chi connectivity index (χ0v) is 21.6. The number of aryl methyl sites for hydroxylation is 1. The van der Waals surface area contributed by atoms with Crippen LogP contribution >= 0.6 is 11.6 Å². The van der Waals surface area contributed by atoms with Crippen LogP contribution in [-0.2, 0) is 11.3 Å². The van der Waals surface area contributed by atoms with E-state index >= 15 is 0 Å². The summed E-state index contributed by atoms with van der Waals surface area (Å²) < 4.78 is 5.90. The largest absolute Gasteiger partial charge is 0.441 e. The summed E-state index contributed by atoms with van der Waals surface area (Å²) in [7, 11) is 0. The predicted molar refractivity (Wildman–Crippen MR) is 137 cm³/mol. The molecule has 0 spiro atoms. The maximum Gasteiger partial charge on any atom is 0.226 e. The maximum atomic E-state index is 12.7. The number of carbonyl (C=O) groups excluding carboxylic acids is 1. The highest BCUT2D eigenvalue weighted by atomic mass is 35.5. The van der Waals surface area contributed by atoms with Crippen molar-refractivity contribution in [3.63, 3.8) is 0 Å². The molecule has 1 amide bonds. The number of rotatable bonds is 8. The van der Waals surface area contributed by atoms with E-state index in [1.54, 1.807) is 0 Å². The molecule has 2 fully saturated rings. The molecule has 2 saturated heterocycles. The average molecular weight is 487 g/mol. The second kappa shape index (κ2) is 11.7. The van der Waals surface area contributed by atoms with Crippen LogP contribution < -0.4 is 5.32 Å². The van der Waals surface area contributed by atoms with Gasteiger partial charge in [-0.3, -0.25) is 9.69 Å². The second-order valence-electron chi connectivity index (χ2n) is 10.4. The van der Waals surface area contributed by atoms with Crippen LogP contribution in [0.4, 0.5) is 0 Å². The molecule has 6 nitrogen and oxygen atoms in total. The third-order valence-corrected chi connectivity index (χ3v) is 7.46. The Bertz CT molecular complexity index is 927. The van der Waals surface area contributed by atoms with Crippen molar-refractivity contribution in [1.82, 2.24) is 20.1 Å². The summed E-state index contributed by atoms with van der Waals surface area (Å²) in [5.74, 6) is 3.40. The van der Waals surface area contributed by atoms with Crippen LogP contribution in [0, 0.1) is 24.7 Å². The first-order chi connectivity index (χ1) is 16.4. The standard InChI is InChI=1S/C27H39ClN4O2/c1-19-15-20(2)17-32(16-19)12-4-11-29-26(33)22-9-13-31(14-10-22)18-25-21(3)34-27(30-25)23-5-7-24(28)8-6-23/h5-8,19-20,22H,4,9-18H2,1-3H3,(H,29,33)/t19-,20-/m1/s1. The van der Waals surface area contributed by atoms with Gasteiger partial charge in [-0.2, -0.15) is 0 Å². The number of oxazole rings is 1. The second-order valence-corrected chi connectivity index (χ2v) is 10.9. The Morgan fingerprint density at radius 3 is 2.47 bits per heavy atom. The van der Waals surface area contributed by atoms with Crippen molar-refractivity contribution in [1.29, 1.82) is 0 Å². The summed E-state index contributed by atoms with van der Waals surface area (Å²) in [4.78, 5) is 22.3. The molecule has 0 radical (unpaired) electrons. The van der Waals surface area contributed by atoms with E-state index in [4.69, 9.17) is 21.0 Å². The van der Waals surface area contributed by atoms with E-state index in [0.29, 0.717) is 10.9 Å². The topological polar surface area (TPSA) is 61.6 Å². The zero-order valence-electron chi connectivity index (χ0n) is 20.9. The predicted octanol–water partition coefficient (Wildman–Crippen LogP) is 5.00. The maximum absolute atomic E-state index is 12.7. The van der Waals surface area contributed by atoms with Gasteiger partial charge in [-0.25, -0.2) is 4.98 Å². The number of halogens is 1. The van der Waals surface area contributed by atoms with Crippen LogP contribution in [0.1, 0.15) is 51.0 Å². The molecule has 1 aromatic heterocycles. The van der Waals surface area contributed by atoms with Crippen molar-refractivity contribution < 1.29 is 9.21 Å². The molecule has 3 heterocycles. The molecule has 2 aliphatic heterocycles. The van der Waals surface area contributed by atoms with Crippen molar-refractivity contribution in [2.75, 3.05) is 39.3 Å². The Hall–Kier alpha value is -1.89. The highest BCUT2D eigenvalue weighted by Crippen LogP contribution is 2.26. The SMILES string of the molecule is Cc1oc(-c2ccc(Cl)cc2)nc1CN1CCC(C(=O)NCCCN2C[C@H](C)C[C@@H](C)C2)CC1. The molecule has 186 valence electrons. The smallest absolute Gasteiger partial charge is 0.226 e. The highest BCUT2D eigenvalue weighted by molar-refractivity contribution is 6.30. The molecule has 2 atom stereocenters. The fourth-order valence-electron chi connectivity index (χ4n) is 5.49. The van der Waals surface area contributed by atoms with Gasteiger partial charge < -0.3 is 14.6 Å². The quantitative estimate of drug-likeness (QED) is 0.532. The third kappa shape index (κ3) is 6.83. The summed E-state index contributed by atoms with van der Waals surface area (Å²) in [5.41, 5.74) is 1.90. The van der Waals surface area contributed by atoms with Crippen molar-refractivity contribution in [2.45, 2.75) is 53.0 Å². The van der Waals surface area contributed by atoms with E-state index in [0.717, 1.165) is 80.8 Å². The van der Waals surface area contributed by atoms with Crippen LogP contribution in [0.25, 0.3) is 11.5 Å². The molecule has 4 rings (SSSR count). The van der Waals surface area contributed by atoms with Gasteiger partial charge in [0.1, 0.15) is 5.76 Å². The monoisotopic (exact) mass is 486 g/mol. The normalized spacial score (nSPS) is 22.7. The minimum atomic E-state index is 0.120. The lowest BCUT2D eigenvalue weighted by atomic mass is 9.92. The molecule has 0 unspecified atom stereocenters. The molecule has 7 heteroatoms. The van der Waals surface area contributed by atoms with Crippen molar-refractivity contribution in [2.24, 2.45) is 17.8 Å². The first kappa shape index (κ1) is 25.2. The van der Waals surface area contributed by atoms with Gasteiger partial charge in [0, 0.05) is 42.7 Å². The fraction of sp³-hybridized carbons (Fsp3) is 0.630. The van der Waals surface area contributed by atoms with Crippen LogP contribution in [0.5, 0.6) is 0 Å². The van der Waals surface area contributed by atoms with Crippen molar-refractivity contribution >= 4 is 17.5 Å². The molecule has 1 N–H and O–H groups in total. The van der Waals surface area contributed by atoms with Gasteiger partial charge in [0.2, 0.25) is 11.8 Å². The Morgan fingerprint density at radius 1 is 1.12 bits per heavy atom. The van der Waals surface area contributed by atoms with Crippen LogP contribution in [0.3, 0.4) is 0 Å². The number of nitrogens with one attached hydrogen (secondary N) is 1. The molecule has 0 aliphatic carbocycles. The summed E-state index contributed by atoms with van der Waals surface area (Å²) in [5, 5.41) is 3.89. The molecular weight excluding hydrogens is 448 g/mol. The molecule has 1 aromatic carbocycles. The molecular formula is C27H39ClN4O2. The number of hydrogen-bond acceptors (Lipinski definition) is 5. The number of benzene rings is 1. The minimum absolute atomic E-state index is 0.120. The summed E-state index contributed by atoms with van der Waals surface area (Å²) in [6, 6.07) is 7.55. The average Bonchev–Trinajstić information content (AvgIpc) is 3.17. The van der Waals surface area contributed by atoms with E-state index in [1.807, 2.05) is 31.2 Å². The van der Waals surface area contributed by atoms with E-state index < -0.39 is 0 Å². The lowest BCUT2D eigenvalue weighted by molar-refractivity contribution is -0.126. The zero-order chi connectivity index (χ0) is 24.1. The fourth-order valence-corrected chi connectivity index (χ4v) is 5.61. The van der Waals surface area contributed by atoms with E-state index in [-0.39, 0.29) is 11.8 Å². The van der Waals surface area contributed by atoms with Gasteiger partial charge in [-0.15, -0.1) is 0 Å². The number of carbonyl (C=O) groups is 1.